The minimum Gasteiger partial charge on any atom is -0.497 e. The first-order valence-corrected chi connectivity index (χ1v) is 8.19. The van der Waals surface area contributed by atoms with Gasteiger partial charge in [-0.25, -0.2) is 0 Å². The number of carbonyl (C=O) groups is 1. The first kappa shape index (κ1) is 16.0. The van der Waals surface area contributed by atoms with E-state index >= 15 is 0 Å². The smallest absolute Gasteiger partial charge is 0.249 e. The molecule has 26 heavy (non-hydrogen) atoms. The van der Waals surface area contributed by atoms with Gasteiger partial charge in [-0.15, -0.1) is 0 Å². The van der Waals surface area contributed by atoms with Crippen molar-refractivity contribution in [1.29, 1.82) is 0 Å². The van der Waals surface area contributed by atoms with Crippen molar-refractivity contribution in [3.63, 3.8) is 0 Å². The van der Waals surface area contributed by atoms with Crippen LogP contribution in [0.5, 0.6) is 5.75 Å². The van der Waals surface area contributed by atoms with Crippen molar-refractivity contribution >= 4 is 16.8 Å². The number of primary amides is 1. The lowest BCUT2D eigenvalue weighted by atomic mass is 10.1. The van der Waals surface area contributed by atoms with Gasteiger partial charge in [0.05, 0.1) is 24.0 Å². The van der Waals surface area contributed by atoms with Crippen molar-refractivity contribution in [1.82, 2.24) is 14.8 Å². The highest BCUT2D eigenvalue weighted by Crippen LogP contribution is 2.34. The van der Waals surface area contributed by atoms with Gasteiger partial charge in [0.15, 0.2) is 0 Å². The highest BCUT2D eigenvalue weighted by molar-refractivity contribution is 6.07. The molecule has 0 aliphatic carbocycles. The molecule has 2 heterocycles. The van der Waals surface area contributed by atoms with E-state index < -0.39 is 5.91 Å². The third-order valence-corrected chi connectivity index (χ3v) is 4.53. The van der Waals surface area contributed by atoms with Crippen molar-refractivity contribution in [2.24, 2.45) is 5.73 Å². The summed E-state index contributed by atoms with van der Waals surface area (Å²) in [5, 5.41) is 7.87. The molecule has 0 unspecified atom stereocenters. The molecular formula is C20H18N4O2. The van der Waals surface area contributed by atoms with E-state index in [1.807, 2.05) is 49.4 Å². The zero-order valence-electron chi connectivity index (χ0n) is 14.5. The van der Waals surface area contributed by atoms with Crippen LogP contribution in [0, 0.1) is 6.92 Å². The molecule has 0 saturated heterocycles. The lowest BCUT2D eigenvalue weighted by Crippen LogP contribution is -2.11. The molecule has 2 aromatic carbocycles. The number of aromatic nitrogens is 3. The van der Waals surface area contributed by atoms with Crippen molar-refractivity contribution in [3.8, 4) is 22.8 Å². The third kappa shape index (κ3) is 2.43. The predicted molar refractivity (Wildman–Crippen MR) is 101 cm³/mol. The van der Waals surface area contributed by atoms with E-state index in [9.17, 15) is 4.79 Å². The molecule has 3 N–H and O–H groups in total. The van der Waals surface area contributed by atoms with E-state index in [2.05, 4.69) is 14.8 Å². The molecule has 0 bridgehead atoms. The largest absolute Gasteiger partial charge is 0.497 e. The van der Waals surface area contributed by atoms with E-state index in [0.717, 1.165) is 39.3 Å². The molecule has 1 amide bonds. The zero-order valence-corrected chi connectivity index (χ0v) is 14.5. The summed E-state index contributed by atoms with van der Waals surface area (Å²) in [6.45, 7) is 2.03. The third-order valence-electron chi connectivity index (χ3n) is 4.53. The number of hydrogen-bond acceptors (Lipinski definition) is 3. The van der Waals surface area contributed by atoms with Crippen molar-refractivity contribution < 1.29 is 9.53 Å². The summed E-state index contributed by atoms with van der Waals surface area (Å²) in [5.41, 5.74) is 10.8. The molecule has 0 radical (unpaired) electrons. The molecule has 0 aliphatic heterocycles. The molecule has 6 heteroatoms. The average Bonchev–Trinajstić information content (AvgIpc) is 3.28. The molecule has 0 aliphatic rings. The molecule has 0 saturated carbocycles. The minimum absolute atomic E-state index is 0.449. The Bertz CT molecular complexity index is 1110. The Labute approximate surface area is 150 Å². The first-order chi connectivity index (χ1) is 12.6. The van der Waals surface area contributed by atoms with Gasteiger partial charge in [0, 0.05) is 22.8 Å². The second-order valence-electron chi connectivity index (χ2n) is 6.09. The number of carbonyl (C=O) groups excluding carboxylic acids is 1. The summed E-state index contributed by atoms with van der Waals surface area (Å²) in [4.78, 5) is 11.9. The predicted octanol–water partition coefficient (Wildman–Crippen LogP) is 3.44. The highest BCUT2D eigenvalue weighted by Gasteiger charge is 2.18. The number of H-pyrrole nitrogens is 1. The normalized spacial score (nSPS) is 11.0. The van der Waals surface area contributed by atoms with E-state index in [1.54, 1.807) is 19.4 Å². The van der Waals surface area contributed by atoms with Gasteiger partial charge in [-0.2, -0.15) is 5.10 Å². The number of ether oxygens (including phenoxy) is 1. The number of aryl methyl sites for hydroxylation is 1. The summed E-state index contributed by atoms with van der Waals surface area (Å²) >= 11 is 0. The maximum Gasteiger partial charge on any atom is 0.249 e. The van der Waals surface area contributed by atoms with Crippen LogP contribution in [0.3, 0.4) is 0 Å². The molecule has 4 rings (SSSR count). The molecule has 2 aromatic heterocycles. The maximum atomic E-state index is 11.9. The topological polar surface area (TPSA) is 85.9 Å². The van der Waals surface area contributed by atoms with Crippen molar-refractivity contribution in [3.05, 3.63) is 65.9 Å². The fourth-order valence-corrected chi connectivity index (χ4v) is 3.31. The molecule has 0 spiro atoms. The van der Waals surface area contributed by atoms with Gasteiger partial charge in [0.1, 0.15) is 5.75 Å². The summed E-state index contributed by atoms with van der Waals surface area (Å²) < 4.78 is 7.42. The van der Waals surface area contributed by atoms with Gasteiger partial charge in [-0.05, 0) is 55.0 Å². The van der Waals surface area contributed by atoms with Crippen molar-refractivity contribution in [2.75, 3.05) is 7.11 Å². The van der Waals surface area contributed by atoms with Crippen LogP contribution in [0.1, 0.15) is 15.9 Å². The highest BCUT2D eigenvalue weighted by atomic mass is 16.5. The monoisotopic (exact) mass is 346 g/mol. The number of methoxy groups -OCH3 is 1. The summed E-state index contributed by atoms with van der Waals surface area (Å²) in [6, 6.07) is 15.3. The van der Waals surface area contributed by atoms with Gasteiger partial charge in [0.2, 0.25) is 5.91 Å². The van der Waals surface area contributed by atoms with E-state index in [1.165, 1.54) is 0 Å². The maximum absolute atomic E-state index is 11.9. The van der Waals surface area contributed by atoms with Crippen LogP contribution in [0.2, 0.25) is 0 Å². The summed E-state index contributed by atoms with van der Waals surface area (Å²) in [5.74, 6) is 0.346. The van der Waals surface area contributed by atoms with Crippen LogP contribution in [-0.2, 0) is 0 Å². The molecule has 4 aromatic rings. The Balaban J connectivity index is 2.08. The number of hydrogen-bond donors (Lipinski definition) is 2. The second kappa shape index (κ2) is 6.07. The standard InChI is InChI=1S/C20H18N4O2/c1-12-10-13(26-2)6-7-17(12)24-18-5-3-4-14(20(21)25)15(18)11-19(24)16-8-9-22-23-16/h3-11H,1-2H3,(H2,21,25)(H,22,23). The van der Waals surface area contributed by atoms with E-state index in [0.29, 0.717) is 5.56 Å². The Morgan fingerprint density at radius 2 is 2.04 bits per heavy atom. The number of benzene rings is 2. The van der Waals surface area contributed by atoms with Gasteiger partial charge in [0.25, 0.3) is 0 Å². The lowest BCUT2D eigenvalue weighted by molar-refractivity contribution is 0.100. The van der Waals surface area contributed by atoms with E-state index in [-0.39, 0.29) is 0 Å². The van der Waals surface area contributed by atoms with Crippen LogP contribution in [0.4, 0.5) is 0 Å². The number of nitrogens with two attached hydrogens (primary N) is 1. The fourth-order valence-electron chi connectivity index (χ4n) is 3.31. The van der Waals surface area contributed by atoms with Crippen LogP contribution in [-0.4, -0.2) is 27.8 Å². The van der Waals surface area contributed by atoms with Crippen LogP contribution in [0.15, 0.2) is 54.7 Å². The number of fused-ring (bicyclic) bond motifs is 1. The van der Waals surface area contributed by atoms with Crippen LogP contribution in [0.25, 0.3) is 28.0 Å². The van der Waals surface area contributed by atoms with Crippen LogP contribution < -0.4 is 10.5 Å². The van der Waals surface area contributed by atoms with Gasteiger partial charge < -0.3 is 15.0 Å². The Morgan fingerprint density at radius 1 is 1.19 bits per heavy atom. The Morgan fingerprint density at radius 3 is 2.69 bits per heavy atom. The Hall–Kier alpha value is -3.54. The first-order valence-electron chi connectivity index (χ1n) is 8.19. The zero-order chi connectivity index (χ0) is 18.3. The number of rotatable bonds is 4. The van der Waals surface area contributed by atoms with Gasteiger partial charge in [-0.1, -0.05) is 6.07 Å². The quantitative estimate of drug-likeness (QED) is 0.593. The van der Waals surface area contributed by atoms with Crippen molar-refractivity contribution in [2.45, 2.75) is 6.92 Å². The van der Waals surface area contributed by atoms with Crippen LogP contribution >= 0.6 is 0 Å². The molecule has 0 fully saturated rings. The number of nitrogens with one attached hydrogen (secondary N) is 1. The lowest BCUT2D eigenvalue weighted by Gasteiger charge is -2.14. The number of amides is 1. The van der Waals surface area contributed by atoms with Gasteiger partial charge >= 0.3 is 0 Å². The molecule has 6 nitrogen and oxygen atoms in total. The second-order valence-corrected chi connectivity index (χ2v) is 6.09. The Kier molecular flexibility index (Phi) is 3.73. The number of aromatic amines is 1. The summed E-state index contributed by atoms with van der Waals surface area (Å²) in [6.07, 6.45) is 1.70. The van der Waals surface area contributed by atoms with Gasteiger partial charge in [-0.3, -0.25) is 9.89 Å². The SMILES string of the molecule is COc1ccc(-n2c(-c3ccn[nH]3)cc3c(C(N)=O)cccc32)c(C)c1. The molecule has 130 valence electrons. The summed E-state index contributed by atoms with van der Waals surface area (Å²) in [7, 11) is 1.65. The number of nitrogens with zero attached hydrogens (tertiary/aromatic N) is 2. The minimum atomic E-state index is -0.449. The van der Waals surface area contributed by atoms with E-state index in [4.69, 9.17) is 10.5 Å². The molecular weight excluding hydrogens is 328 g/mol. The fraction of sp³-hybridized carbons (Fsp3) is 0.100. The average molecular weight is 346 g/mol. The molecule has 0 atom stereocenters.